The van der Waals surface area contributed by atoms with Crippen molar-refractivity contribution >= 4 is 26.9 Å². The average Bonchev–Trinajstić information content (AvgIpc) is 3.47. The molecule has 0 unspecified atom stereocenters. The van der Waals surface area contributed by atoms with Gasteiger partial charge < -0.3 is 4.57 Å². The van der Waals surface area contributed by atoms with E-state index in [-0.39, 0.29) is 0 Å². The lowest BCUT2D eigenvalue weighted by Crippen LogP contribution is -2.43. The summed E-state index contributed by atoms with van der Waals surface area (Å²) in [7, 11) is -2.00. The number of hydrogen-bond donors (Lipinski definition) is 0. The predicted molar refractivity (Wildman–Crippen MR) is 261 cm³/mol. The van der Waals surface area contributed by atoms with Crippen molar-refractivity contribution in [1.29, 1.82) is 0 Å². The van der Waals surface area contributed by atoms with Crippen LogP contribution in [-0.4, -0.2) is 20.7 Å². The molecular weight excluding hydrogens is 731 g/mol. The van der Waals surface area contributed by atoms with Crippen LogP contribution in [0.1, 0.15) is 94.5 Å². The first-order valence-electron chi connectivity index (χ1n) is 21.7. The van der Waals surface area contributed by atoms with E-state index in [0.29, 0.717) is 33.2 Å². The van der Waals surface area contributed by atoms with Gasteiger partial charge in [0.25, 0.3) is 0 Å². The summed E-state index contributed by atoms with van der Waals surface area (Å²) in [5.74, 6) is 8.14. The second-order valence-electron chi connectivity index (χ2n) is 18.3. The third kappa shape index (κ3) is 7.49. The van der Waals surface area contributed by atoms with Crippen LogP contribution in [0.2, 0.25) is 33.2 Å². The normalized spacial score (nSPS) is 12.2. The zero-order valence-corrected chi connectivity index (χ0v) is 39.5. The Balaban J connectivity index is 2.01. The molecule has 0 aliphatic carbocycles. The number of fused-ring (bicyclic) bond motifs is 1. The van der Waals surface area contributed by atoms with Crippen LogP contribution in [0.15, 0.2) is 121 Å². The van der Waals surface area contributed by atoms with Crippen molar-refractivity contribution in [1.82, 2.24) is 4.57 Å². The van der Waals surface area contributed by atoms with E-state index in [0.717, 1.165) is 11.4 Å². The third-order valence-electron chi connectivity index (χ3n) is 13.4. The van der Waals surface area contributed by atoms with Crippen LogP contribution in [0.4, 0.5) is 0 Å². The minimum Gasteiger partial charge on any atom is -0.330 e. The molecule has 1 heterocycles. The van der Waals surface area contributed by atoms with Crippen molar-refractivity contribution in [3.8, 4) is 67.4 Å². The van der Waals surface area contributed by atoms with Gasteiger partial charge in [-0.3, -0.25) is 0 Å². The Hall–Kier alpha value is -4.81. The molecule has 0 radical (unpaired) electrons. The zero-order valence-electron chi connectivity index (χ0n) is 37.5. The molecule has 58 heavy (non-hydrogen) atoms. The van der Waals surface area contributed by atoms with E-state index in [2.05, 4.69) is 239 Å². The molecule has 6 aromatic rings. The van der Waals surface area contributed by atoms with E-state index in [1.54, 1.807) is 0 Å². The summed E-state index contributed by atoms with van der Waals surface area (Å²) in [6.07, 6.45) is 0. The molecule has 0 amide bonds. The third-order valence-corrected chi connectivity index (χ3v) is 26.0. The Kier molecular flexibility index (Phi) is 13.0. The van der Waals surface area contributed by atoms with Crippen LogP contribution in [-0.2, 0) is 7.05 Å². The molecule has 3 heteroatoms. The van der Waals surface area contributed by atoms with Gasteiger partial charge in [-0.1, -0.05) is 216 Å². The Labute approximate surface area is 353 Å². The van der Waals surface area contributed by atoms with E-state index in [1.807, 2.05) is 0 Å². The first kappa shape index (κ1) is 42.8. The van der Waals surface area contributed by atoms with Gasteiger partial charge in [0, 0.05) is 28.9 Å². The highest BCUT2D eigenvalue weighted by Crippen LogP contribution is 2.53. The second-order valence-corrected chi connectivity index (χ2v) is 29.4. The lowest BCUT2D eigenvalue weighted by atomic mass is 9.79. The van der Waals surface area contributed by atoms with Crippen molar-refractivity contribution in [3.63, 3.8) is 0 Å². The molecule has 0 atom stereocenters. The summed E-state index contributed by atoms with van der Waals surface area (Å²) in [5, 5.41) is 2.40. The lowest BCUT2D eigenvalue weighted by Gasteiger charge is -2.38. The van der Waals surface area contributed by atoms with Crippen molar-refractivity contribution in [2.24, 2.45) is 7.05 Å². The summed E-state index contributed by atoms with van der Waals surface area (Å²) >= 11 is 0. The molecule has 0 N–H and O–H groups in total. The summed E-state index contributed by atoms with van der Waals surface area (Å²) in [6.45, 7) is 29.0. The van der Waals surface area contributed by atoms with Gasteiger partial charge in [0.1, 0.15) is 27.5 Å². The van der Waals surface area contributed by atoms with E-state index in [4.69, 9.17) is 0 Å². The highest BCUT2D eigenvalue weighted by molar-refractivity contribution is 6.91. The number of benzene rings is 5. The van der Waals surface area contributed by atoms with Gasteiger partial charge >= 0.3 is 0 Å². The number of aromatic nitrogens is 1. The van der Waals surface area contributed by atoms with Gasteiger partial charge in [0.15, 0.2) is 0 Å². The van der Waals surface area contributed by atoms with Crippen molar-refractivity contribution in [2.45, 2.75) is 116 Å². The molecule has 1 nitrogen and oxygen atoms in total. The fourth-order valence-corrected chi connectivity index (χ4v) is 21.1. The highest BCUT2D eigenvalue weighted by Gasteiger charge is 2.43. The van der Waals surface area contributed by atoms with E-state index < -0.39 is 16.1 Å². The molecule has 0 bridgehead atoms. The van der Waals surface area contributed by atoms with Crippen LogP contribution < -0.4 is 0 Å². The van der Waals surface area contributed by atoms with E-state index >= 15 is 0 Å². The fraction of sp³-hybridized carbons (Fsp3) is 0.345. The Morgan fingerprint density at radius 2 is 0.569 bits per heavy atom. The van der Waals surface area contributed by atoms with Gasteiger partial charge in [-0.2, -0.15) is 0 Å². The molecule has 5 aromatic carbocycles. The molecule has 6 rings (SSSR count). The van der Waals surface area contributed by atoms with Crippen molar-refractivity contribution < 1.29 is 0 Å². The molecule has 0 saturated carbocycles. The summed E-state index contributed by atoms with van der Waals surface area (Å²) < 4.78 is 2.40. The van der Waals surface area contributed by atoms with Crippen molar-refractivity contribution in [2.75, 3.05) is 0 Å². The molecule has 298 valence electrons. The molecule has 0 spiro atoms. The van der Waals surface area contributed by atoms with E-state index in [9.17, 15) is 0 Å². The van der Waals surface area contributed by atoms with Crippen LogP contribution in [0, 0.1) is 22.9 Å². The van der Waals surface area contributed by atoms with Gasteiger partial charge in [-0.25, -0.2) is 0 Å². The first-order chi connectivity index (χ1) is 27.7. The minimum absolute atomic E-state index is 0.513. The number of hydrogen-bond acceptors (Lipinski definition) is 0. The minimum atomic E-state index is -2.12. The lowest BCUT2D eigenvalue weighted by molar-refractivity contribution is 0.838. The van der Waals surface area contributed by atoms with Crippen LogP contribution in [0.3, 0.4) is 0 Å². The molecule has 0 fully saturated rings. The fourth-order valence-electron chi connectivity index (χ4n) is 10.7. The molecule has 1 aromatic heterocycles. The summed E-state index contributed by atoms with van der Waals surface area (Å²) in [4.78, 5) is 0. The molecule has 0 aliphatic heterocycles. The van der Waals surface area contributed by atoms with Crippen LogP contribution in [0.25, 0.3) is 55.3 Å². The maximum absolute atomic E-state index is 4.19. The largest absolute Gasteiger partial charge is 0.330 e. The smallest absolute Gasteiger partial charge is 0.146 e. The predicted octanol–water partition coefficient (Wildman–Crippen LogP) is 16.0. The maximum atomic E-state index is 4.19. The summed E-state index contributed by atoms with van der Waals surface area (Å²) in [5.41, 5.74) is 23.3. The topological polar surface area (TPSA) is 4.93 Å². The highest BCUT2D eigenvalue weighted by atomic mass is 28.3. The molecule has 0 aliphatic rings. The van der Waals surface area contributed by atoms with Gasteiger partial charge in [0.05, 0.1) is 0 Å². The Morgan fingerprint density at radius 1 is 0.345 bits per heavy atom. The number of rotatable bonds is 10. The van der Waals surface area contributed by atoms with Crippen LogP contribution in [0.5, 0.6) is 0 Å². The van der Waals surface area contributed by atoms with Crippen molar-refractivity contribution in [3.05, 3.63) is 133 Å². The van der Waals surface area contributed by atoms with Gasteiger partial charge in [-0.15, -0.1) is 11.1 Å². The maximum Gasteiger partial charge on any atom is 0.146 e. The van der Waals surface area contributed by atoms with Gasteiger partial charge in [0.2, 0.25) is 0 Å². The number of nitrogens with zero attached hydrogens (tertiary/aromatic N) is 1. The second kappa shape index (κ2) is 17.6. The average molecular weight is 796 g/mol. The Bertz CT molecular complexity index is 2250. The molecule has 0 saturated heterocycles. The molecular formula is C55H65NSi2. The first-order valence-corrected chi connectivity index (χ1v) is 26.2. The zero-order chi connectivity index (χ0) is 41.9. The van der Waals surface area contributed by atoms with Crippen LogP contribution >= 0.6 is 0 Å². The monoisotopic (exact) mass is 795 g/mol. The Morgan fingerprint density at radius 3 is 0.793 bits per heavy atom. The standard InChI is InChI=1S/C55H65NSi2/c1-38(2)57(39(3)4,40(5)6)36-34-48-54-52(46-30-22-16-23-31-46)50(44-26-18-14-19-27-44)51(45-28-20-15-21-29-45)53(47-32-24-17-25-33-47)55(54)49(56(48)13)35-37-58(41(7)8,42(9)10)43(11)12/h14-33,38-43H,1-13H3. The SMILES string of the molecule is CC(C)[Si](C#Cc1c2c(-c3ccccc3)c(-c3ccccc3)c(-c3ccccc3)c(-c3ccccc3)c2c(C#C[Si](C(C)C)(C(C)C)C(C)C)n1C)(C(C)C)C(C)C. The quantitative estimate of drug-likeness (QED) is 0.0961. The summed E-state index contributed by atoms with van der Waals surface area (Å²) in [6, 6.07) is 44.2. The van der Waals surface area contributed by atoms with Gasteiger partial charge in [-0.05, 0) is 66.6 Å². The van der Waals surface area contributed by atoms with E-state index in [1.165, 1.54) is 55.3 Å².